The second-order valence-electron chi connectivity index (χ2n) is 6.86. The Kier molecular flexibility index (Phi) is 5.74. The first-order valence-electron chi connectivity index (χ1n) is 9.42. The van der Waals surface area contributed by atoms with Crippen molar-refractivity contribution >= 4 is 11.8 Å². The molecule has 0 aliphatic heterocycles. The fraction of sp³-hybridized carbons (Fsp3) is 0.0800. The van der Waals surface area contributed by atoms with Crippen LogP contribution in [0.25, 0.3) is 33.6 Å². The standard InChI is InChI=1S/C25H17F3O2S/c1-31-20-13-9-18(10-14-20)23-21(16-5-3-2-4-6-16)15-22(30-24(23)29)17-7-11-19(12-8-17)25(26,27)28/h2-15H,1H3. The van der Waals surface area contributed by atoms with Crippen LogP contribution in [0.3, 0.4) is 0 Å². The van der Waals surface area contributed by atoms with Gasteiger partial charge in [0.1, 0.15) is 5.76 Å². The van der Waals surface area contributed by atoms with Gasteiger partial charge in [-0.3, -0.25) is 0 Å². The Balaban J connectivity index is 1.88. The summed E-state index contributed by atoms with van der Waals surface area (Å²) in [6, 6.07) is 23.2. The molecule has 0 saturated carbocycles. The van der Waals surface area contributed by atoms with Crippen LogP contribution in [0.15, 0.2) is 99.0 Å². The highest BCUT2D eigenvalue weighted by molar-refractivity contribution is 7.98. The number of rotatable bonds is 4. The van der Waals surface area contributed by atoms with Crippen LogP contribution < -0.4 is 5.63 Å². The quantitative estimate of drug-likeness (QED) is 0.311. The smallest absolute Gasteiger partial charge is 0.416 e. The number of thioether (sulfide) groups is 1. The molecule has 6 heteroatoms. The minimum atomic E-state index is -4.43. The summed E-state index contributed by atoms with van der Waals surface area (Å²) in [5, 5.41) is 0. The molecule has 4 rings (SSSR count). The number of halogens is 3. The lowest BCUT2D eigenvalue weighted by Crippen LogP contribution is -2.07. The Bertz CT molecular complexity index is 1240. The molecule has 0 amide bonds. The number of hydrogen-bond acceptors (Lipinski definition) is 3. The molecule has 3 aromatic carbocycles. The molecule has 0 bridgehead atoms. The average Bonchev–Trinajstić information content (AvgIpc) is 2.79. The Hall–Kier alpha value is -3.25. The fourth-order valence-corrected chi connectivity index (χ4v) is 3.74. The lowest BCUT2D eigenvalue weighted by atomic mass is 9.95. The van der Waals surface area contributed by atoms with Crippen molar-refractivity contribution in [2.75, 3.05) is 6.26 Å². The molecule has 0 spiro atoms. The van der Waals surface area contributed by atoms with Crippen LogP contribution in [-0.4, -0.2) is 6.26 Å². The normalized spacial score (nSPS) is 11.5. The molecule has 0 saturated heterocycles. The molecular formula is C25H17F3O2S. The molecule has 0 radical (unpaired) electrons. The van der Waals surface area contributed by atoms with Crippen LogP contribution in [0.4, 0.5) is 13.2 Å². The zero-order valence-corrected chi connectivity index (χ0v) is 17.3. The van der Waals surface area contributed by atoms with E-state index in [4.69, 9.17) is 4.42 Å². The van der Waals surface area contributed by atoms with Gasteiger partial charge in [-0.2, -0.15) is 13.2 Å². The van der Waals surface area contributed by atoms with Crippen molar-refractivity contribution in [1.82, 2.24) is 0 Å². The Morgan fingerprint density at radius 3 is 1.97 bits per heavy atom. The van der Waals surface area contributed by atoms with E-state index in [0.29, 0.717) is 22.3 Å². The Morgan fingerprint density at radius 2 is 1.39 bits per heavy atom. The Morgan fingerprint density at radius 1 is 0.774 bits per heavy atom. The molecular weight excluding hydrogens is 421 g/mol. The molecule has 4 aromatic rings. The molecule has 2 nitrogen and oxygen atoms in total. The maximum Gasteiger partial charge on any atom is 0.416 e. The number of benzene rings is 3. The van der Waals surface area contributed by atoms with Crippen molar-refractivity contribution < 1.29 is 17.6 Å². The van der Waals surface area contributed by atoms with E-state index in [1.165, 1.54) is 12.1 Å². The van der Waals surface area contributed by atoms with E-state index >= 15 is 0 Å². The van der Waals surface area contributed by atoms with Gasteiger partial charge in [-0.15, -0.1) is 11.8 Å². The lowest BCUT2D eigenvalue weighted by molar-refractivity contribution is -0.137. The maximum atomic E-state index is 13.0. The van der Waals surface area contributed by atoms with Gasteiger partial charge in [0.25, 0.3) is 0 Å². The molecule has 0 atom stereocenters. The molecule has 0 aliphatic carbocycles. The number of hydrogen-bond donors (Lipinski definition) is 0. The van der Waals surface area contributed by atoms with E-state index in [9.17, 15) is 18.0 Å². The van der Waals surface area contributed by atoms with Gasteiger partial charge in [0.15, 0.2) is 0 Å². The van der Waals surface area contributed by atoms with Crippen LogP contribution in [0, 0.1) is 0 Å². The van der Waals surface area contributed by atoms with Crippen LogP contribution >= 0.6 is 11.8 Å². The minimum Gasteiger partial charge on any atom is -0.422 e. The fourth-order valence-electron chi connectivity index (χ4n) is 3.34. The van der Waals surface area contributed by atoms with Gasteiger partial charge in [0.2, 0.25) is 0 Å². The molecule has 0 fully saturated rings. The summed E-state index contributed by atoms with van der Waals surface area (Å²) < 4.78 is 44.2. The van der Waals surface area contributed by atoms with Crippen molar-refractivity contribution in [2.45, 2.75) is 11.1 Å². The average molecular weight is 438 g/mol. The van der Waals surface area contributed by atoms with Crippen molar-refractivity contribution in [3.8, 4) is 33.6 Å². The SMILES string of the molecule is CSc1ccc(-c2c(-c3ccccc3)cc(-c3ccc(C(F)(F)F)cc3)oc2=O)cc1. The first kappa shape index (κ1) is 21.0. The van der Waals surface area contributed by atoms with E-state index in [0.717, 1.165) is 22.6 Å². The van der Waals surface area contributed by atoms with Crippen LogP contribution in [-0.2, 0) is 6.18 Å². The van der Waals surface area contributed by atoms with Gasteiger partial charge in [0.05, 0.1) is 11.1 Å². The van der Waals surface area contributed by atoms with E-state index in [1.54, 1.807) is 17.8 Å². The summed E-state index contributed by atoms with van der Waals surface area (Å²) in [4.78, 5) is 14.1. The van der Waals surface area contributed by atoms with Gasteiger partial charge in [0, 0.05) is 16.0 Å². The molecule has 31 heavy (non-hydrogen) atoms. The first-order chi connectivity index (χ1) is 14.9. The van der Waals surface area contributed by atoms with E-state index in [-0.39, 0.29) is 5.76 Å². The zero-order chi connectivity index (χ0) is 22.0. The topological polar surface area (TPSA) is 30.2 Å². The molecule has 0 unspecified atom stereocenters. The monoisotopic (exact) mass is 438 g/mol. The van der Waals surface area contributed by atoms with E-state index in [1.807, 2.05) is 60.9 Å². The predicted octanol–water partition coefficient (Wildman–Crippen LogP) is 7.38. The third kappa shape index (κ3) is 4.44. The Labute approximate surface area is 181 Å². The summed E-state index contributed by atoms with van der Waals surface area (Å²) in [5.41, 5.74) is 1.68. The third-order valence-corrected chi connectivity index (χ3v) is 5.66. The summed E-state index contributed by atoms with van der Waals surface area (Å²) >= 11 is 1.60. The van der Waals surface area contributed by atoms with Gasteiger partial charge >= 0.3 is 11.8 Å². The first-order valence-corrected chi connectivity index (χ1v) is 10.6. The third-order valence-electron chi connectivity index (χ3n) is 4.91. The van der Waals surface area contributed by atoms with E-state index < -0.39 is 17.4 Å². The second kappa shape index (κ2) is 8.47. The largest absolute Gasteiger partial charge is 0.422 e. The second-order valence-corrected chi connectivity index (χ2v) is 7.74. The molecule has 0 N–H and O–H groups in total. The summed E-state index contributed by atoms with van der Waals surface area (Å²) in [6.07, 6.45) is -2.46. The summed E-state index contributed by atoms with van der Waals surface area (Å²) in [7, 11) is 0. The van der Waals surface area contributed by atoms with Gasteiger partial charge < -0.3 is 4.42 Å². The van der Waals surface area contributed by atoms with Crippen molar-refractivity contribution in [3.63, 3.8) is 0 Å². The zero-order valence-electron chi connectivity index (χ0n) is 16.4. The lowest BCUT2D eigenvalue weighted by Gasteiger charge is -2.12. The van der Waals surface area contributed by atoms with Crippen LogP contribution in [0.2, 0.25) is 0 Å². The van der Waals surface area contributed by atoms with E-state index in [2.05, 4.69) is 0 Å². The molecule has 156 valence electrons. The summed E-state index contributed by atoms with van der Waals surface area (Å²) in [6.45, 7) is 0. The highest BCUT2D eigenvalue weighted by atomic mass is 32.2. The minimum absolute atomic E-state index is 0.210. The number of alkyl halides is 3. The van der Waals surface area contributed by atoms with Crippen molar-refractivity contribution in [2.24, 2.45) is 0 Å². The van der Waals surface area contributed by atoms with Crippen molar-refractivity contribution in [1.29, 1.82) is 0 Å². The van der Waals surface area contributed by atoms with Crippen molar-refractivity contribution in [3.05, 3.63) is 101 Å². The highest BCUT2D eigenvalue weighted by Gasteiger charge is 2.30. The maximum absolute atomic E-state index is 13.0. The van der Waals surface area contributed by atoms with Crippen LogP contribution in [0.1, 0.15) is 5.56 Å². The van der Waals surface area contributed by atoms with Gasteiger partial charge in [-0.1, -0.05) is 54.6 Å². The predicted molar refractivity (Wildman–Crippen MR) is 118 cm³/mol. The summed E-state index contributed by atoms with van der Waals surface area (Å²) in [5.74, 6) is 0.210. The van der Waals surface area contributed by atoms with Gasteiger partial charge in [-0.25, -0.2) is 4.79 Å². The molecule has 1 aromatic heterocycles. The van der Waals surface area contributed by atoms with Gasteiger partial charge in [-0.05, 0) is 47.7 Å². The highest BCUT2D eigenvalue weighted by Crippen LogP contribution is 2.35. The molecule has 1 heterocycles. The van der Waals surface area contributed by atoms with Crippen LogP contribution in [0.5, 0.6) is 0 Å². The molecule has 0 aliphatic rings.